The predicted molar refractivity (Wildman–Crippen MR) is 87.2 cm³/mol. The molecule has 3 nitrogen and oxygen atoms in total. The zero-order valence-corrected chi connectivity index (χ0v) is 13.2. The average Bonchev–Trinajstić information content (AvgIpc) is 3.25. The van der Waals surface area contributed by atoms with Crippen molar-refractivity contribution < 1.29 is 15.3 Å². The van der Waals surface area contributed by atoms with Gasteiger partial charge in [-0.2, -0.15) is 0 Å². The Morgan fingerprint density at radius 3 is 2.27 bits per heavy atom. The fourth-order valence-electron chi connectivity index (χ4n) is 3.51. The van der Waals surface area contributed by atoms with Crippen molar-refractivity contribution in [1.29, 1.82) is 0 Å². The molecular formula is C19H24O3. The second-order valence-corrected chi connectivity index (χ2v) is 6.89. The van der Waals surface area contributed by atoms with Crippen LogP contribution in [0.15, 0.2) is 35.9 Å². The third-order valence-corrected chi connectivity index (χ3v) is 5.05. The summed E-state index contributed by atoms with van der Waals surface area (Å²) >= 11 is 0. The Morgan fingerprint density at radius 1 is 1.18 bits per heavy atom. The highest BCUT2D eigenvalue weighted by molar-refractivity contribution is 5.53. The summed E-state index contributed by atoms with van der Waals surface area (Å²) in [7, 11) is 0. The van der Waals surface area contributed by atoms with Gasteiger partial charge >= 0.3 is 0 Å². The van der Waals surface area contributed by atoms with Crippen molar-refractivity contribution in [2.75, 3.05) is 0 Å². The number of aliphatic hydroxyl groups excluding tert-OH is 1. The van der Waals surface area contributed by atoms with Gasteiger partial charge in [0.2, 0.25) is 0 Å². The molecule has 0 aliphatic heterocycles. The summed E-state index contributed by atoms with van der Waals surface area (Å²) in [4.78, 5) is 0. The topological polar surface area (TPSA) is 60.7 Å². The van der Waals surface area contributed by atoms with Gasteiger partial charge in [0.1, 0.15) is 11.5 Å². The molecule has 0 unspecified atom stereocenters. The van der Waals surface area contributed by atoms with Crippen LogP contribution in [-0.2, 0) is 0 Å². The molecule has 0 bridgehead atoms. The van der Waals surface area contributed by atoms with Gasteiger partial charge in [-0.15, -0.1) is 0 Å². The minimum absolute atomic E-state index is 0.0160. The maximum absolute atomic E-state index is 10.5. The van der Waals surface area contributed by atoms with Crippen molar-refractivity contribution in [3.8, 4) is 11.5 Å². The van der Waals surface area contributed by atoms with E-state index in [9.17, 15) is 15.3 Å². The quantitative estimate of drug-likeness (QED) is 0.740. The Labute approximate surface area is 131 Å². The zero-order valence-electron chi connectivity index (χ0n) is 13.2. The molecule has 3 N–H and O–H groups in total. The Kier molecular flexibility index (Phi) is 3.77. The van der Waals surface area contributed by atoms with Crippen LogP contribution in [0.25, 0.3) is 0 Å². The third kappa shape index (κ3) is 2.66. The van der Waals surface area contributed by atoms with E-state index in [0.29, 0.717) is 17.9 Å². The standard InChI is InChI=1S/C19H24O3/c1-10(2)14-9-16(20)11(3)6-15(14)19-17(21)7-13(8-18(19)22)12-4-5-12/h6-8,12,14-16,20-22H,1,4-5,9H2,2-3H3/t14-,15+,16-/m0/s1. The highest BCUT2D eigenvalue weighted by atomic mass is 16.3. The van der Waals surface area contributed by atoms with E-state index in [1.165, 1.54) is 0 Å². The van der Waals surface area contributed by atoms with Crippen LogP contribution in [0, 0.1) is 5.92 Å². The van der Waals surface area contributed by atoms with Gasteiger partial charge in [-0.3, -0.25) is 0 Å². The molecule has 0 spiro atoms. The van der Waals surface area contributed by atoms with Crippen LogP contribution in [0.5, 0.6) is 11.5 Å². The first kappa shape index (κ1) is 15.2. The van der Waals surface area contributed by atoms with E-state index in [1.54, 1.807) is 12.1 Å². The third-order valence-electron chi connectivity index (χ3n) is 5.05. The van der Waals surface area contributed by atoms with Gasteiger partial charge in [0.15, 0.2) is 0 Å². The molecule has 0 aromatic heterocycles. The summed E-state index contributed by atoms with van der Waals surface area (Å²) in [5, 5.41) is 31.0. The molecular weight excluding hydrogens is 276 g/mol. The van der Waals surface area contributed by atoms with Gasteiger partial charge in [-0.25, -0.2) is 0 Å². The van der Waals surface area contributed by atoms with E-state index in [4.69, 9.17) is 0 Å². The molecule has 3 heteroatoms. The smallest absolute Gasteiger partial charge is 0.123 e. The molecule has 2 aliphatic carbocycles. The summed E-state index contributed by atoms with van der Waals surface area (Å²) in [6.07, 6.45) is 4.31. The number of rotatable bonds is 3. The Morgan fingerprint density at radius 2 is 1.77 bits per heavy atom. The van der Waals surface area contributed by atoms with E-state index >= 15 is 0 Å². The monoisotopic (exact) mass is 300 g/mol. The van der Waals surface area contributed by atoms with Crippen LogP contribution in [-0.4, -0.2) is 21.4 Å². The molecule has 1 aromatic rings. The van der Waals surface area contributed by atoms with Crippen LogP contribution in [0.1, 0.15) is 56.1 Å². The Bertz CT molecular complexity index is 617. The summed E-state index contributed by atoms with van der Waals surface area (Å²) < 4.78 is 0. The fourth-order valence-corrected chi connectivity index (χ4v) is 3.51. The molecule has 0 amide bonds. The largest absolute Gasteiger partial charge is 0.507 e. The number of allylic oxidation sites excluding steroid dienone is 2. The maximum atomic E-state index is 10.5. The SMILES string of the molecule is C=C(C)[C@@H]1C[C@H](O)C(C)=C[C@H]1c1c(O)cc(C2CC2)cc1O. The van der Waals surface area contributed by atoms with E-state index in [2.05, 4.69) is 6.58 Å². The fraction of sp³-hybridized carbons (Fsp3) is 0.474. The van der Waals surface area contributed by atoms with Crippen molar-refractivity contribution in [2.45, 2.75) is 51.0 Å². The first-order valence-electron chi connectivity index (χ1n) is 7.96. The van der Waals surface area contributed by atoms with Gasteiger partial charge < -0.3 is 15.3 Å². The second kappa shape index (κ2) is 5.47. The van der Waals surface area contributed by atoms with Crippen LogP contribution in [0.4, 0.5) is 0 Å². The summed E-state index contributed by atoms with van der Waals surface area (Å²) in [5.41, 5.74) is 3.41. The van der Waals surface area contributed by atoms with E-state index in [-0.39, 0.29) is 23.3 Å². The van der Waals surface area contributed by atoms with Crippen LogP contribution < -0.4 is 0 Å². The van der Waals surface area contributed by atoms with Gasteiger partial charge in [0.05, 0.1) is 6.10 Å². The van der Waals surface area contributed by atoms with Gasteiger partial charge in [0.25, 0.3) is 0 Å². The molecule has 22 heavy (non-hydrogen) atoms. The molecule has 1 fully saturated rings. The minimum atomic E-state index is -0.479. The van der Waals surface area contributed by atoms with Gasteiger partial charge in [-0.05, 0) is 68.2 Å². The molecule has 2 aliphatic rings. The number of phenols is 2. The van der Waals surface area contributed by atoms with Crippen LogP contribution >= 0.6 is 0 Å². The van der Waals surface area contributed by atoms with Gasteiger partial charge in [0, 0.05) is 11.5 Å². The molecule has 0 radical (unpaired) electrons. The average molecular weight is 300 g/mol. The second-order valence-electron chi connectivity index (χ2n) is 6.89. The lowest BCUT2D eigenvalue weighted by Gasteiger charge is -2.34. The number of aliphatic hydroxyl groups is 1. The van der Waals surface area contributed by atoms with Crippen LogP contribution in [0.3, 0.4) is 0 Å². The van der Waals surface area contributed by atoms with Crippen molar-refractivity contribution in [3.05, 3.63) is 47.1 Å². The lowest BCUT2D eigenvalue weighted by molar-refractivity contribution is 0.168. The molecule has 1 saturated carbocycles. The molecule has 118 valence electrons. The summed E-state index contributed by atoms with van der Waals surface area (Å²) in [6.45, 7) is 7.85. The highest BCUT2D eigenvalue weighted by Gasteiger charge is 2.34. The number of aromatic hydroxyl groups is 2. The van der Waals surface area contributed by atoms with Crippen LogP contribution in [0.2, 0.25) is 0 Å². The number of benzene rings is 1. The van der Waals surface area contributed by atoms with Crippen molar-refractivity contribution in [1.82, 2.24) is 0 Å². The van der Waals surface area contributed by atoms with Gasteiger partial charge in [-0.1, -0.05) is 18.2 Å². The molecule has 0 saturated heterocycles. The molecule has 3 atom stereocenters. The molecule has 0 heterocycles. The highest BCUT2D eigenvalue weighted by Crippen LogP contribution is 2.49. The zero-order chi connectivity index (χ0) is 16.0. The maximum Gasteiger partial charge on any atom is 0.123 e. The van der Waals surface area contributed by atoms with E-state index in [0.717, 1.165) is 29.6 Å². The molecule has 1 aromatic carbocycles. The summed E-state index contributed by atoms with van der Waals surface area (Å²) in [5.74, 6) is 0.654. The first-order valence-corrected chi connectivity index (χ1v) is 7.96. The van der Waals surface area contributed by atoms with E-state index < -0.39 is 6.10 Å². The van der Waals surface area contributed by atoms with E-state index in [1.807, 2.05) is 19.9 Å². The first-order chi connectivity index (χ1) is 10.4. The summed E-state index contributed by atoms with van der Waals surface area (Å²) in [6, 6.07) is 3.58. The van der Waals surface area contributed by atoms with Crippen molar-refractivity contribution in [2.24, 2.45) is 5.92 Å². The minimum Gasteiger partial charge on any atom is -0.507 e. The predicted octanol–water partition coefficient (Wildman–Crippen LogP) is 3.96. The lowest BCUT2D eigenvalue weighted by Crippen LogP contribution is -2.26. The lowest BCUT2D eigenvalue weighted by atomic mass is 9.72. The normalized spacial score (nSPS) is 28.3. The number of hydrogen-bond acceptors (Lipinski definition) is 3. The van der Waals surface area contributed by atoms with Crippen molar-refractivity contribution >= 4 is 0 Å². The number of hydrogen-bond donors (Lipinski definition) is 3. The Balaban J connectivity index is 2.05. The number of phenolic OH excluding ortho intramolecular Hbond substituents is 2. The Hall–Kier alpha value is -1.74. The van der Waals surface area contributed by atoms with Crippen molar-refractivity contribution in [3.63, 3.8) is 0 Å². The molecule has 3 rings (SSSR count).